The van der Waals surface area contributed by atoms with E-state index in [9.17, 15) is 0 Å². The van der Waals surface area contributed by atoms with E-state index in [1.54, 1.807) is 0 Å². The summed E-state index contributed by atoms with van der Waals surface area (Å²) in [5.41, 5.74) is 3.70. The normalized spacial score (nSPS) is 11.1. The Hall–Kier alpha value is -1.09. The molecule has 0 radical (unpaired) electrons. The molecule has 0 amide bonds. The van der Waals surface area contributed by atoms with E-state index in [1.807, 2.05) is 6.20 Å². The summed E-state index contributed by atoms with van der Waals surface area (Å²) in [5, 5.41) is 3.48. The molecule has 0 aliphatic carbocycles. The van der Waals surface area contributed by atoms with Crippen LogP contribution in [0.3, 0.4) is 0 Å². The van der Waals surface area contributed by atoms with E-state index >= 15 is 0 Å². The second-order valence-electron chi connectivity index (χ2n) is 5.62. The number of hydrogen-bond donors (Lipinski definition) is 1. The SMILES string of the molecule is CCCCCN(C)c1cc(C)ncc1CNC(C)C. The third kappa shape index (κ3) is 5.60. The fourth-order valence-electron chi connectivity index (χ4n) is 2.10. The average molecular weight is 263 g/mol. The highest BCUT2D eigenvalue weighted by Crippen LogP contribution is 2.20. The maximum absolute atomic E-state index is 4.43. The Kier molecular flexibility index (Phi) is 6.85. The van der Waals surface area contributed by atoms with Gasteiger partial charge in [-0.1, -0.05) is 33.6 Å². The van der Waals surface area contributed by atoms with E-state index in [0.29, 0.717) is 6.04 Å². The predicted molar refractivity (Wildman–Crippen MR) is 83.7 cm³/mol. The molecule has 0 fully saturated rings. The van der Waals surface area contributed by atoms with Crippen molar-refractivity contribution in [1.29, 1.82) is 0 Å². The van der Waals surface area contributed by atoms with Crippen LogP contribution in [0.4, 0.5) is 5.69 Å². The van der Waals surface area contributed by atoms with E-state index in [0.717, 1.165) is 18.8 Å². The number of anilines is 1. The van der Waals surface area contributed by atoms with Crippen LogP contribution in [0.5, 0.6) is 0 Å². The second-order valence-corrected chi connectivity index (χ2v) is 5.62. The third-order valence-corrected chi connectivity index (χ3v) is 3.31. The van der Waals surface area contributed by atoms with Gasteiger partial charge in [0.2, 0.25) is 0 Å². The smallest absolute Gasteiger partial charge is 0.0442 e. The number of unbranched alkanes of at least 4 members (excludes halogenated alkanes) is 2. The first-order valence-corrected chi connectivity index (χ1v) is 7.44. The van der Waals surface area contributed by atoms with E-state index in [-0.39, 0.29) is 0 Å². The number of rotatable bonds is 8. The van der Waals surface area contributed by atoms with Crippen molar-refractivity contribution in [2.45, 2.75) is 59.5 Å². The number of nitrogens with one attached hydrogen (secondary N) is 1. The van der Waals surface area contributed by atoms with Crippen molar-refractivity contribution in [1.82, 2.24) is 10.3 Å². The molecule has 0 bridgehead atoms. The highest BCUT2D eigenvalue weighted by Gasteiger charge is 2.09. The van der Waals surface area contributed by atoms with E-state index in [1.165, 1.54) is 30.5 Å². The zero-order valence-electron chi connectivity index (χ0n) is 13.2. The molecule has 3 nitrogen and oxygen atoms in total. The largest absolute Gasteiger partial charge is 0.374 e. The summed E-state index contributed by atoms with van der Waals surface area (Å²) in [5.74, 6) is 0. The lowest BCUT2D eigenvalue weighted by Crippen LogP contribution is -2.25. The lowest BCUT2D eigenvalue weighted by Gasteiger charge is -2.23. The van der Waals surface area contributed by atoms with Crippen LogP contribution in [0.15, 0.2) is 12.3 Å². The summed E-state index contributed by atoms with van der Waals surface area (Å²) < 4.78 is 0. The van der Waals surface area contributed by atoms with Crippen LogP contribution in [0, 0.1) is 6.92 Å². The van der Waals surface area contributed by atoms with Gasteiger partial charge in [0.05, 0.1) is 0 Å². The number of hydrogen-bond acceptors (Lipinski definition) is 3. The summed E-state index contributed by atoms with van der Waals surface area (Å²) in [7, 11) is 2.18. The van der Waals surface area contributed by atoms with E-state index in [2.05, 4.69) is 56.0 Å². The molecule has 0 spiro atoms. The average Bonchev–Trinajstić information content (AvgIpc) is 2.37. The van der Waals surface area contributed by atoms with Crippen LogP contribution >= 0.6 is 0 Å². The molecule has 0 unspecified atom stereocenters. The van der Waals surface area contributed by atoms with Gasteiger partial charge in [-0.2, -0.15) is 0 Å². The summed E-state index contributed by atoms with van der Waals surface area (Å²) in [6.45, 7) is 10.7. The zero-order chi connectivity index (χ0) is 14.3. The highest BCUT2D eigenvalue weighted by atomic mass is 15.1. The molecule has 0 saturated heterocycles. The monoisotopic (exact) mass is 263 g/mol. The maximum atomic E-state index is 4.43. The highest BCUT2D eigenvalue weighted by molar-refractivity contribution is 5.53. The quantitative estimate of drug-likeness (QED) is 0.727. The van der Waals surface area contributed by atoms with Crippen molar-refractivity contribution in [3.05, 3.63) is 23.5 Å². The number of aromatic nitrogens is 1. The summed E-state index contributed by atoms with van der Waals surface area (Å²) >= 11 is 0. The molecule has 1 heterocycles. The molecule has 0 atom stereocenters. The van der Waals surface area contributed by atoms with Crippen LogP contribution in [-0.4, -0.2) is 24.6 Å². The van der Waals surface area contributed by atoms with Crippen molar-refractivity contribution < 1.29 is 0 Å². The molecule has 1 N–H and O–H groups in total. The first-order valence-electron chi connectivity index (χ1n) is 7.44. The molecule has 0 aliphatic heterocycles. The minimum absolute atomic E-state index is 0.500. The Morgan fingerprint density at radius 3 is 2.68 bits per heavy atom. The maximum Gasteiger partial charge on any atom is 0.0442 e. The molecule has 19 heavy (non-hydrogen) atoms. The molecule has 1 rings (SSSR count). The van der Waals surface area contributed by atoms with Crippen LogP contribution < -0.4 is 10.2 Å². The molecule has 1 aromatic heterocycles. The molecule has 0 aromatic carbocycles. The number of nitrogens with zero attached hydrogens (tertiary/aromatic N) is 2. The summed E-state index contributed by atoms with van der Waals surface area (Å²) in [4.78, 5) is 6.79. The molecule has 1 aromatic rings. The lowest BCUT2D eigenvalue weighted by molar-refractivity contribution is 0.586. The van der Waals surface area contributed by atoms with Crippen molar-refractivity contribution in [2.24, 2.45) is 0 Å². The van der Waals surface area contributed by atoms with Crippen molar-refractivity contribution in [3.8, 4) is 0 Å². The Morgan fingerprint density at radius 1 is 1.32 bits per heavy atom. The van der Waals surface area contributed by atoms with Gasteiger partial charge in [-0.05, 0) is 19.4 Å². The fourth-order valence-corrected chi connectivity index (χ4v) is 2.10. The van der Waals surface area contributed by atoms with Gasteiger partial charge in [0.1, 0.15) is 0 Å². The van der Waals surface area contributed by atoms with Gasteiger partial charge in [-0.25, -0.2) is 0 Å². The number of aryl methyl sites for hydroxylation is 1. The van der Waals surface area contributed by atoms with E-state index in [4.69, 9.17) is 0 Å². The van der Waals surface area contributed by atoms with Crippen LogP contribution in [0.2, 0.25) is 0 Å². The fraction of sp³-hybridized carbons (Fsp3) is 0.688. The Morgan fingerprint density at radius 2 is 2.05 bits per heavy atom. The summed E-state index contributed by atoms with van der Waals surface area (Å²) in [6, 6.07) is 2.70. The van der Waals surface area contributed by atoms with Crippen LogP contribution in [0.25, 0.3) is 0 Å². The topological polar surface area (TPSA) is 28.2 Å². The van der Waals surface area contributed by atoms with Gasteiger partial charge < -0.3 is 10.2 Å². The third-order valence-electron chi connectivity index (χ3n) is 3.31. The molecule has 108 valence electrons. The Balaban J connectivity index is 2.74. The van der Waals surface area contributed by atoms with Gasteiger partial charge in [0.25, 0.3) is 0 Å². The van der Waals surface area contributed by atoms with Crippen LogP contribution in [0.1, 0.15) is 51.3 Å². The van der Waals surface area contributed by atoms with Crippen molar-refractivity contribution in [2.75, 3.05) is 18.5 Å². The Bertz CT molecular complexity index is 374. The van der Waals surface area contributed by atoms with E-state index < -0.39 is 0 Å². The van der Waals surface area contributed by atoms with Crippen molar-refractivity contribution in [3.63, 3.8) is 0 Å². The molecular weight excluding hydrogens is 234 g/mol. The standard InChI is InChI=1S/C16H29N3/c1-6-7-8-9-19(5)16-10-14(4)18-12-15(16)11-17-13(2)3/h10,12-13,17H,6-9,11H2,1-5H3. The summed E-state index contributed by atoms with van der Waals surface area (Å²) in [6.07, 6.45) is 5.83. The van der Waals surface area contributed by atoms with Crippen LogP contribution in [-0.2, 0) is 6.54 Å². The number of pyridine rings is 1. The van der Waals surface area contributed by atoms with Gasteiger partial charge in [0, 0.05) is 49.3 Å². The molecule has 0 saturated carbocycles. The first kappa shape index (κ1) is 16.0. The zero-order valence-corrected chi connectivity index (χ0v) is 13.2. The van der Waals surface area contributed by atoms with Crippen molar-refractivity contribution >= 4 is 5.69 Å². The van der Waals surface area contributed by atoms with Gasteiger partial charge in [-0.15, -0.1) is 0 Å². The lowest BCUT2D eigenvalue weighted by atomic mass is 10.1. The van der Waals surface area contributed by atoms with Gasteiger partial charge in [0.15, 0.2) is 0 Å². The predicted octanol–water partition coefficient (Wildman–Crippen LogP) is 3.51. The first-order chi connectivity index (χ1) is 9.04. The minimum Gasteiger partial charge on any atom is -0.374 e. The molecular formula is C16H29N3. The van der Waals surface area contributed by atoms with Gasteiger partial charge >= 0.3 is 0 Å². The van der Waals surface area contributed by atoms with Gasteiger partial charge in [-0.3, -0.25) is 4.98 Å². The second kappa shape index (κ2) is 8.16. The minimum atomic E-state index is 0.500. The molecule has 3 heteroatoms. The Labute approximate surface area is 118 Å². The molecule has 0 aliphatic rings.